The minimum Gasteiger partial charge on any atom is -0.508 e. The van der Waals surface area contributed by atoms with Crippen LogP contribution in [0.4, 0.5) is 5.95 Å². The fourth-order valence-electron chi connectivity index (χ4n) is 0.935. The van der Waals surface area contributed by atoms with E-state index in [0.717, 1.165) is 5.56 Å². The summed E-state index contributed by atoms with van der Waals surface area (Å²) in [6.45, 7) is 0. The molecule has 0 aliphatic rings. The highest BCUT2D eigenvalue weighted by atomic mass is 16.3. The third kappa shape index (κ3) is 2.50. The Labute approximate surface area is 84.8 Å². The number of aromatic nitrogens is 4. The Bertz CT molecular complexity index is 435. The predicted octanol–water partition coefficient (Wildman–Crippen LogP) is 0.351. The molecule has 0 amide bonds. The first-order valence-corrected chi connectivity index (χ1v) is 4.16. The molecule has 0 fully saturated rings. The van der Waals surface area contributed by atoms with E-state index in [9.17, 15) is 0 Å². The third-order valence-electron chi connectivity index (χ3n) is 1.62. The van der Waals surface area contributed by atoms with Gasteiger partial charge in [0, 0.05) is 0 Å². The highest BCUT2D eigenvalue weighted by Gasteiger charge is 1.91. The molecule has 7 nitrogen and oxygen atoms in total. The molecule has 0 saturated heterocycles. The molecule has 0 aliphatic heterocycles. The van der Waals surface area contributed by atoms with E-state index in [0.29, 0.717) is 5.95 Å². The number of aromatic amines is 1. The van der Waals surface area contributed by atoms with E-state index in [4.69, 9.17) is 5.11 Å². The number of hydrogen-bond donors (Lipinski definition) is 3. The second-order valence-corrected chi connectivity index (χ2v) is 2.71. The summed E-state index contributed by atoms with van der Waals surface area (Å²) in [5.41, 5.74) is 3.46. The molecule has 2 aromatic rings. The van der Waals surface area contributed by atoms with Crippen LogP contribution >= 0.6 is 0 Å². The number of tetrazole rings is 1. The van der Waals surface area contributed by atoms with Gasteiger partial charge in [-0.15, -0.1) is 0 Å². The van der Waals surface area contributed by atoms with Gasteiger partial charge in [-0.25, -0.2) is 10.5 Å². The van der Waals surface area contributed by atoms with E-state index in [1.807, 2.05) is 0 Å². The predicted molar refractivity (Wildman–Crippen MR) is 53.5 cm³/mol. The van der Waals surface area contributed by atoms with Crippen LogP contribution in [-0.4, -0.2) is 31.9 Å². The van der Waals surface area contributed by atoms with Gasteiger partial charge in [0.25, 0.3) is 5.95 Å². The topological polar surface area (TPSA) is 99.1 Å². The van der Waals surface area contributed by atoms with Crippen LogP contribution in [0.1, 0.15) is 5.56 Å². The Kier molecular flexibility index (Phi) is 2.54. The van der Waals surface area contributed by atoms with Crippen LogP contribution < -0.4 is 5.43 Å². The highest BCUT2D eigenvalue weighted by molar-refractivity contribution is 5.80. The van der Waals surface area contributed by atoms with Crippen molar-refractivity contribution < 1.29 is 5.11 Å². The number of nitrogens with one attached hydrogen (secondary N) is 2. The van der Waals surface area contributed by atoms with Gasteiger partial charge in [0.1, 0.15) is 5.75 Å². The molecule has 1 heterocycles. The standard InChI is InChI=1S/C8H8N6O/c15-7-3-1-6(2-4-7)5-9-10-8-11-13-14-12-8/h1-5,15H,(H2,10,11,12,13,14)/b9-5+. The summed E-state index contributed by atoms with van der Waals surface area (Å²) >= 11 is 0. The van der Waals surface area contributed by atoms with Crippen molar-refractivity contribution >= 4 is 12.2 Å². The average molecular weight is 204 g/mol. The van der Waals surface area contributed by atoms with E-state index in [1.165, 1.54) is 0 Å². The molecule has 0 radical (unpaired) electrons. The van der Waals surface area contributed by atoms with Crippen molar-refractivity contribution in [2.24, 2.45) is 5.10 Å². The van der Waals surface area contributed by atoms with E-state index in [1.54, 1.807) is 30.5 Å². The summed E-state index contributed by atoms with van der Waals surface area (Å²) < 4.78 is 0. The number of H-pyrrole nitrogens is 1. The first-order valence-electron chi connectivity index (χ1n) is 4.16. The van der Waals surface area contributed by atoms with E-state index >= 15 is 0 Å². The summed E-state index contributed by atoms with van der Waals surface area (Å²) in [7, 11) is 0. The number of phenolic OH excluding ortho intramolecular Hbond substituents is 1. The summed E-state index contributed by atoms with van der Waals surface area (Å²) in [5, 5.41) is 25.7. The van der Waals surface area contributed by atoms with E-state index < -0.39 is 0 Å². The Morgan fingerprint density at radius 2 is 2.13 bits per heavy atom. The maximum absolute atomic E-state index is 9.04. The molecule has 0 atom stereocenters. The van der Waals surface area contributed by atoms with Crippen molar-refractivity contribution in [3.63, 3.8) is 0 Å². The lowest BCUT2D eigenvalue weighted by molar-refractivity contribution is 0.475. The maximum Gasteiger partial charge on any atom is 0.260 e. The molecule has 0 unspecified atom stereocenters. The van der Waals surface area contributed by atoms with Crippen LogP contribution in [0.15, 0.2) is 29.4 Å². The Morgan fingerprint density at radius 1 is 1.33 bits per heavy atom. The van der Waals surface area contributed by atoms with Gasteiger partial charge in [-0.1, -0.05) is 5.10 Å². The van der Waals surface area contributed by atoms with Gasteiger partial charge < -0.3 is 5.11 Å². The van der Waals surface area contributed by atoms with Gasteiger partial charge in [-0.2, -0.15) is 5.10 Å². The monoisotopic (exact) mass is 204 g/mol. The number of anilines is 1. The molecular formula is C8H8N6O. The number of phenols is 1. The zero-order chi connectivity index (χ0) is 10.5. The summed E-state index contributed by atoms with van der Waals surface area (Å²) in [6.07, 6.45) is 1.59. The highest BCUT2D eigenvalue weighted by Crippen LogP contribution is 2.07. The minimum atomic E-state index is 0.222. The number of rotatable bonds is 3. The second-order valence-electron chi connectivity index (χ2n) is 2.71. The fraction of sp³-hybridized carbons (Fsp3) is 0. The number of hydrazone groups is 1. The van der Waals surface area contributed by atoms with Gasteiger partial charge in [-0.3, -0.25) is 0 Å². The molecule has 0 aliphatic carbocycles. The minimum absolute atomic E-state index is 0.222. The van der Waals surface area contributed by atoms with E-state index in [2.05, 4.69) is 31.2 Å². The Balaban J connectivity index is 1.97. The molecule has 0 bridgehead atoms. The van der Waals surface area contributed by atoms with Crippen LogP contribution in [0.25, 0.3) is 0 Å². The average Bonchev–Trinajstić information content (AvgIpc) is 2.74. The van der Waals surface area contributed by atoms with Crippen molar-refractivity contribution in [3.8, 4) is 5.75 Å². The first-order chi connectivity index (χ1) is 7.34. The van der Waals surface area contributed by atoms with Gasteiger partial charge >= 0.3 is 0 Å². The molecule has 2 rings (SSSR count). The lowest BCUT2D eigenvalue weighted by Crippen LogP contribution is -1.92. The molecule has 7 heteroatoms. The molecule has 0 saturated carbocycles. The van der Waals surface area contributed by atoms with Crippen molar-refractivity contribution in [2.75, 3.05) is 5.43 Å². The summed E-state index contributed by atoms with van der Waals surface area (Å²) in [6, 6.07) is 6.63. The number of aromatic hydroxyl groups is 1. The first kappa shape index (κ1) is 9.13. The van der Waals surface area contributed by atoms with Crippen LogP contribution in [0, 0.1) is 0 Å². The van der Waals surface area contributed by atoms with Crippen LogP contribution in [0.5, 0.6) is 5.75 Å². The smallest absolute Gasteiger partial charge is 0.260 e. The largest absolute Gasteiger partial charge is 0.508 e. The zero-order valence-corrected chi connectivity index (χ0v) is 7.62. The normalized spacial score (nSPS) is 10.7. The maximum atomic E-state index is 9.04. The van der Waals surface area contributed by atoms with Gasteiger partial charge in [0.15, 0.2) is 0 Å². The van der Waals surface area contributed by atoms with Gasteiger partial charge in [0.05, 0.1) is 6.21 Å². The molecule has 76 valence electrons. The van der Waals surface area contributed by atoms with Crippen molar-refractivity contribution in [1.82, 2.24) is 20.6 Å². The lowest BCUT2D eigenvalue weighted by atomic mass is 10.2. The quantitative estimate of drug-likeness (QED) is 0.495. The zero-order valence-electron chi connectivity index (χ0n) is 7.62. The number of nitrogens with zero attached hydrogens (tertiary/aromatic N) is 4. The van der Waals surface area contributed by atoms with Gasteiger partial charge in [0.2, 0.25) is 0 Å². The Hall–Kier alpha value is -2.44. The van der Waals surface area contributed by atoms with Crippen molar-refractivity contribution in [3.05, 3.63) is 29.8 Å². The second kappa shape index (κ2) is 4.18. The van der Waals surface area contributed by atoms with Crippen molar-refractivity contribution in [1.29, 1.82) is 0 Å². The molecule has 15 heavy (non-hydrogen) atoms. The molecule has 0 spiro atoms. The molecule has 3 N–H and O–H groups in total. The van der Waals surface area contributed by atoms with Crippen molar-refractivity contribution in [2.45, 2.75) is 0 Å². The SMILES string of the molecule is Oc1ccc(/C=N/Nc2nnn[nH]2)cc1. The number of benzene rings is 1. The van der Waals surface area contributed by atoms with E-state index in [-0.39, 0.29) is 5.75 Å². The molecule has 1 aromatic carbocycles. The fourth-order valence-corrected chi connectivity index (χ4v) is 0.935. The summed E-state index contributed by atoms with van der Waals surface area (Å²) in [4.78, 5) is 0. The van der Waals surface area contributed by atoms with Gasteiger partial charge in [-0.05, 0) is 40.3 Å². The lowest BCUT2D eigenvalue weighted by Gasteiger charge is -1.93. The Morgan fingerprint density at radius 3 is 2.80 bits per heavy atom. The van der Waals surface area contributed by atoms with Crippen LogP contribution in [0.3, 0.4) is 0 Å². The molecule has 1 aromatic heterocycles. The molecular weight excluding hydrogens is 196 g/mol. The van der Waals surface area contributed by atoms with Crippen LogP contribution in [0.2, 0.25) is 0 Å². The number of hydrogen-bond acceptors (Lipinski definition) is 6. The van der Waals surface area contributed by atoms with Crippen LogP contribution in [-0.2, 0) is 0 Å². The summed E-state index contributed by atoms with van der Waals surface area (Å²) in [5.74, 6) is 0.588. The third-order valence-corrected chi connectivity index (χ3v) is 1.62.